The van der Waals surface area contributed by atoms with Gasteiger partial charge in [0, 0.05) is 17.8 Å². The fourth-order valence-corrected chi connectivity index (χ4v) is 2.66. The summed E-state index contributed by atoms with van der Waals surface area (Å²) in [7, 11) is 0. The third-order valence-corrected chi connectivity index (χ3v) is 3.82. The number of morpholine rings is 1. The first-order valence-corrected chi connectivity index (χ1v) is 7.11. The van der Waals surface area contributed by atoms with Gasteiger partial charge in [0.1, 0.15) is 4.99 Å². The van der Waals surface area contributed by atoms with Gasteiger partial charge in [-0.2, -0.15) is 13.2 Å². The molecule has 1 aliphatic rings. The summed E-state index contributed by atoms with van der Waals surface area (Å²) in [5.41, 5.74) is 5.24. The molecule has 1 aliphatic heterocycles. The Morgan fingerprint density at radius 3 is 2.76 bits per heavy atom. The minimum absolute atomic E-state index is 0.128. The number of thiocarbonyl (C=S) groups is 1. The van der Waals surface area contributed by atoms with Crippen LogP contribution in [-0.4, -0.2) is 30.8 Å². The van der Waals surface area contributed by atoms with E-state index in [0.29, 0.717) is 25.4 Å². The molecule has 1 fully saturated rings. The molecule has 116 valence electrons. The van der Waals surface area contributed by atoms with Crippen molar-refractivity contribution < 1.29 is 17.9 Å². The van der Waals surface area contributed by atoms with E-state index in [2.05, 4.69) is 0 Å². The normalized spacial score (nSPS) is 19.6. The van der Waals surface area contributed by atoms with Crippen molar-refractivity contribution >= 4 is 22.9 Å². The van der Waals surface area contributed by atoms with Crippen LogP contribution in [0.5, 0.6) is 0 Å². The van der Waals surface area contributed by atoms with Crippen LogP contribution in [0.4, 0.5) is 18.9 Å². The second-order valence-electron chi connectivity index (χ2n) is 4.92. The second-order valence-corrected chi connectivity index (χ2v) is 5.36. The molecule has 1 heterocycles. The lowest BCUT2D eigenvalue weighted by molar-refractivity contribution is -0.137. The number of benzene rings is 1. The van der Waals surface area contributed by atoms with E-state index in [0.717, 1.165) is 12.5 Å². The van der Waals surface area contributed by atoms with E-state index in [1.165, 1.54) is 12.1 Å². The van der Waals surface area contributed by atoms with Crippen LogP contribution >= 0.6 is 12.2 Å². The van der Waals surface area contributed by atoms with Crippen molar-refractivity contribution in [3.63, 3.8) is 0 Å². The van der Waals surface area contributed by atoms with Crippen LogP contribution in [0.15, 0.2) is 18.2 Å². The van der Waals surface area contributed by atoms with Gasteiger partial charge in [-0.15, -0.1) is 0 Å². The first-order chi connectivity index (χ1) is 9.84. The fourth-order valence-electron chi connectivity index (χ4n) is 2.49. The SMILES string of the molecule is CCC1COCCN1c1ccc(C(F)(F)F)c(C(N)=S)c1. The van der Waals surface area contributed by atoms with Crippen LogP contribution in [0, 0.1) is 0 Å². The molecule has 3 nitrogen and oxygen atoms in total. The van der Waals surface area contributed by atoms with Gasteiger partial charge in [0.25, 0.3) is 0 Å². The number of anilines is 1. The van der Waals surface area contributed by atoms with E-state index in [4.69, 9.17) is 22.7 Å². The number of ether oxygens (including phenoxy) is 1. The van der Waals surface area contributed by atoms with Crippen LogP contribution in [0.2, 0.25) is 0 Å². The van der Waals surface area contributed by atoms with Crippen molar-refractivity contribution in [3.05, 3.63) is 29.3 Å². The smallest absolute Gasteiger partial charge is 0.389 e. The first kappa shape index (κ1) is 16.0. The number of nitrogens with zero attached hydrogens (tertiary/aromatic N) is 1. The van der Waals surface area contributed by atoms with Crippen LogP contribution in [-0.2, 0) is 10.9 Å². The van der Waals surface area contributed by atoms with Crippen molar-refractivity contribution in [2.24, 2.45) is 5.73 Å². The number of hydrogen-bond donors (Lipinski definition) is 1. The summed E-state index contributed by atoms with van der Waals surface area (Å²) in [5, 5.41) is 0. The summed E-state index contributed by atoms with van der Waals surface area (Å²) in [4.78, 5) is 1.80. The van der Waals surface area contributed by atoms with Gasteiger partial charge >= 0.3 is 6.18 Å². The molecule has 0 spiro atoms. The molecular weight excluding hydrogens is 301 g/mol. The van der Waals surface area contributed by atoms with E-state index >= 15 is 0 Å². The summed E-state index contributed by atoms with van der Waals surface area (Å²) in [5.74, 6) is 0. The maximum atomic E-state index is 13.0. The Bertz CT molecular complexity index is 533. The molecular formula is C14H17F3N2OS. The molecule has 0 saturated carbocycles. The summed E-state index contributed by atoms with van der Waals surface area (Å²) in [6.07, 6.45) is -3.62. The van der Waals surface area contributed by atoms with Crippen LogP contribution in [0.25, 0.3) is 0 Å². The standard InChI is InChI=1S/C14H17F3N2OS/c1-2-9-8-20-6-5-19(9)10-3-4-12(14(15,16)17)11(7-10)13(18)21/h3-4,7,9H,2,5-6,8H2,1H3,(H2,18,21). The van der Waals surface area contributed by atoms with Crippen molar-refractivity contribution in [1.82, 2.24) is 0 Å². The monoisotopic (exact) mass is 318 g/mol. The lowest BCUT2D eigenvalue weighted by Gasteiger charge is -2.37. The van der Waals surface area contributed by atoms with Crippen LogP contribution < -0.4 is 10.6 Å². The van der Waals surface area contributed by atoms with Crippen molar-refractivity contribution in [1.29, 1.82) is 0 Å². The average molecular weight is 318 g/mol. The number of nitrogens with two attached hydrogens (primary N) is 1. The highest BCUT2D eigenvalue weighted by Crippen LogP contribution is 2.34. The van der Waals surface area contributed by atoms with Gasteiger partial charge in [0.15, 0.2) is 0 Å². The highest BCUT2D eigenvalue weighted by molar-refractivity contribution is 7.80. The zero-order valence-corrected chi connectivity index (χ0v) is 12.4. The summed E-state index contributed by atoms with van der Waals surface area (Å²) < 4.78 is 44.3. The Balaban J connectivity index is 2.42. The maximum absolute atomic E-state index is 13.0. The Morgan fingerprint density at radius 2 is 2.19 bits per heavy atom. The quantitative estimate of drug-likeness (QED) is 0.870. The molecule has 0 amide bonds. The number of halogens is 3. The van der Waals surface area contributed by atoms with Crippen LogP contribution in [0.3, 0.4) is 0 Å². The van der Waals surface area contributed by atoms with Crippen molar-refractivity contribution in [2.75, 3.05) is 24.7 Å². The van der Waals surface area contributed by atoms with E-state index in [1.54, 1.807) is 0 Å². The van der Waals surface area contributed by atoms with Gasteiger partial charge in [-0.3, -0.25) is 0 Å². The lowest BCUT2D eigenvalue weighted by atomic mass is 10.0. The molecule has 1 aromatic carbocycles. The molecule has 1 atom stereocenters. The first-order valence-electron chi connectivity index (χ1n) is 6.70. The summed E-state index contributed by atoms with van der Waals surface area (Å²) in [6, 6.07) is 4.10. The predicted octanol–water partition coefficient (Wildman–Crippen LogP) is 2.95. The molecule has 7 heteroatoms. The zero-order valence-electron chi connectivity index (χ0n) is 11.6. The molecule has 1 aromatic rings. The fraction of sp³-hybridized carbons (Fsp3) is 0.500. The Kier molecular flexibility index (Phi) is 4.73. The largest absolute Gasteiger partial charge is 0.417 e. The van der Waals surface area contributed by atoms with E-state index in [-0.39, 0.29) is 16.6 Å². The summed E-state index contributed by atoms with van der Waals surface area (Å²) in [6.45, 7) is 3.78. The maximum Gasteiger partial charge on any atom is 0.417 e. The van der Waals surface area contributed by atoms with Gasteiger partial charge in [-0.05, 0) is 24.6 Å². The minimum Gasteiger partial charge on any atom is -0.389 e. The highest BCUT2D eigenvalue weighted by Gasteiger charge is 2.34. The average Bonchev–Trinajstić information content (AvgIpc) is 2.45. The van der Waals surface area contributed by atoms with E-state index in [1.807, 2.05) is 11.8 Å². The molecule has 1 saturated heterocycles. The Hall–Kier alpha value is -1.34. The van der Waals surface area contributed by atoms with Gasteiger partial charge in [-0.1, -0.05) is 19.1 Å². The molecule has 2 rings (SSSR count). The molecule has 2 N–H and O–H groups in total. The molecule has 0 bridgehead atoms. The number of rotatable bonds is 3. The second kappa shape index (κ2) is 6.19. The van der Waals surface area contributed by atoms with Gasteiger partial charge in [0.05, 0.1) is 24.8 Å². The number of alkyl halides is 3. The molecule has 21 heavy (non-hydrogen) atoms. The lowest BCUT2D eigenvalue weighted by Crippen LogP contribution is -2.45. The van der Waals surface area contributed by atoms with Gasteiger partial charge in [0.2, 0.25) is 0 Å². The summed E-state index contributed by atoms with van der Waals surface area (Å²) >= 11 is 4.77. The molecule has 1 unspecified atom stereocenters. The Morgan fingerprint density at radius 1 is 1.48 bits per heavy atom. The van der Waals surface area contributed by atoms with Crippen molar-refractivity contribution in [3.8, 4) is 0 Å². The number of hydrogen-bond acceptors (Lipinski definition) is 3. The van der Waals surface area contributed by atoms with E-state index < -0.39 is 11.7 Å². The minimum atomic E-state index is -4.47. The molecule has 0 radical (unpaired) electrons. The predicted molar refractivity (Wildman–Crippen MR) is 79.6 cm³/mol. The van der Waals surface area contributed by atoms with Gasteiger partial charge in [-0.25, -0.2) is 0 Å². The zero-order chi connectivity index (χ0) is 15.6. The molecule has 0 aliphatic carbocycles. The van der Waals surface area contributed by atoms with E-state index in [9.17, 15) is 13.2 Å². The third-order valence-electron chi connectivity index (χ3n) is 3.60. The highest BCUT2D eigenvalue weighted by atomic mass is 32.1. The topological polar surface area (TPSA) is 38.5 Å². The van der Waals surface area contributed by atoms with Crippen LogP contribution in [0.1, 0.15) is 24.5 Å². The third kappa shape index (κ3) is 3.47. The molecule has 0 aromatic heterocycles. The van der Waals surface area contributed by atoms with Crippen molar-refractivity contribution in [2.45, 2.75) is 25.6 Å². The Labute approximate surface area is 126 Å². The van der Waals surface area contributed by atoms with Gasteiger partial charge < -0.3 is 15.4 Å².